The summed E-state index contributed by atoms with van der Waals surface area (Å²) in [4.78, 5) is 0. The van der Waals surface area contributed by atoms with Crippen LogP contribution < -0.4 is 0 Å². The zero-order valence-corrected chi connectivity index (χ0v) is 9.23. The summed E-state index contributed by atoms with van der Waals surface area (Å²) in [5.41, 5.74) is 0. The maximum absolute atomic E-state index is 9.59. The molecule has 0 unspecified atom stereocenters. The van der Waals surface area contributed by atoms with Crippen molar-refractivity contribution in [2.45, 2.75) is 56.4 Å². The molecule has 1 saturated carbocycles. The molecule has 0 aliphatic heterocycles. The van der Waals surface area contributed by atoms with Crippen molar-refractivity contribution in [2.24, 2.45) is 0 Å². The standard InChI is InChI=1S/C10H20O6/c1-2-3-4-16-10-8(14)6(12)5(11)7(13)9(10)15/h5-15H,2-4H2,1H3/t5?,6-,7-,8+,9+,10?/m1/s1. The maximum atomic E-state index is 9.59. The van der Waals surface area contributed by atoms with E-state index in [9.17, 15) is 25.5 Å². The Kier molecular flexibility index (Phi) is 5.10. The van der Waals surface area contributed by atoms with Crippen LogP contribution in [0.4, 0.5) is 0 Å². The number of aliphatic hydroxyl groups is 5. The number of ether oxygens (including phenoxy) is 1. The Morgan fingerprint density at radius 3 is 1.69 bits per heavy atom. The summed E-state index contributed by atoms with van der Waals surface area (Å²) in [7, 11) is 0. The van der Waals surface area contributed by atoms with Crippen LogP contribution in [0, 0.1) is 0 Å². The Morgan fingerprint density at radius 1 is 0.812 bits per heavy atom. The van der Waals surface area contributed by atoms with Crippen molar-refractivity contribution in [3.05, 3.63) is 0 Å². The zero-order chi connectivity index (χ0) is 12.3. The second-order valence-corrected chi connectivity index (χ2v) is 4.14. The van der Waals surface area contributed by atoms with Gasteiger partial charge in [0.1, 0.15) is 36.6 Å². The molecule has 16 heavy (non-hydrogen) atoms. The lowest BCUT2D eigenvalue weighted by molar-refractivity contribution is -0.235. The predicted molar refractivity (Wildman–Crippen MR) is 54.7 cm³/mol. The van der Waals surface area contributed by atoms with E-state index in [0.29, 0.717) is 6.61 Å². The van der Waals surface area contributed by atoms with Gasteiger partial charge in [-0.2, -0.15) is 0 Å². The molecule has 6 nitrogen and oxygen atoms in total. The fourth-order valence-corrected chi connectivity index (χ4v) is 1.76. The van der Waals surface area contributed by atoms with Crippen LogP contribution in [-0.2, 0) is 4.74 Å². The largest absolute Gasteiger partial charge is 0.387 e. The molecular weight excluding hydrogens is 216 g/mol. The summed E-state index contributed by atoms with van der Waals surface area (Å²) in [6.07, 6.45) is -6.79. The third-order valence-corrected chi connectivity index (χ3v) is 2.88. The van der Waals surface area contributed by atoms with E-state index in [4.69, 9.17) is 4.74 Å². The molecule has 96 valence electrons. The highest BCUT2D eigenvalue weighted by atomic mass is 16.5. The molecule has 0 aromatic rings. The van der Waals surface area contributed by atoms with Gasteiger partial charge in [-0.3, -0.25) is 0 Å². The van der Waals surface area contributed by atoms with Crippen molar-refractivity contribution in [1.29, 1.82) is 0 Å². The van der Waals surface area contributed by atoms with Crippen LogP contribution in [0.5, 0.6) is 0 Å². The number of hydrogen-bond acceptors (Lipinski definition) is 6. The average Bonchev–Trinajstić information content (AvgIpc) is 2.28. The van der Waals surface area contributed by atoms with E-state index >= 15 is 0 Å². The van der Waals surface area contributed by atoms with E-state index in [1.54, 1.807) is 0 Å². The summed E-state index contributed by atoms with van der Waals surface area (Å²) < 4.78 is 5.21. The van der Waals surface area contributed by atoms with E-state index in [1.165, 1.54) is 0 Å². The van der Waals surface area contributed by atoms with Crippen LogP contribution in [0.25, 0.3) is 0 Å². The van der Waals surface area contributed by atoms with Gasteiger partial charge in [-0.25, -0.2) is 0 Å². The van der Waals surface area contributed by atoms with Gasteiger partial charge in [0.2, 0.25) is 0 Å². The molecule has 0 amide bonds. The zero-order valence-electron chi connectivity index (χ0n) is 9.23. The molecule has 1 fully saturated rings. The van der Waals surface area contributed by atoms with Crippen molar-refractivity contribution in [1.82, 2.24) is 0 Å². The van der Waals surface area contributed by atoms with Gasteiger partial charge in [0.05, 0.1) is 0 Å². The quantitative estimate of drug-likeness (QED) is 0.361. The van der Waals surface area contributed by atoms with E-state index in [0.717, 1.165) is 12.8 Å². The molecule has 0 saturated heterocycles. The molecular formula is C10H20O6. The van der Waals surface area contributed by atoms with E-state index < -0.39 is 36.6 Å². The Balaban J connectivity index is 2.60. The Bertz CT molecular complexity index is 195. The Morgan fingerprint density at radius 2 is 1.25 bits per heavy atom. The lowest BCUT2D eigenvalue weighted by Gasteiger charge is -2.41. The van der Waals surface area contributed by atoms with Gasteiger partial charge in [-0.05, 0) is 6.42 Å². The summed E-state index contributed by atoms with van der Waals surface area (Å²) in [5.74, 6) is 0. The molecule has 1 aliphatic carbocycles. The van der Waals surface area contributed by atoms with Gasteiger partial charge in [-0.15, -0.1) is 0 Å². The van der Waals surface area contributed by atoms with Gasteiger partial charge >= 0.3 is 0 Å². The second-order valence-electron chi connectivity index (χ2n) is 4.14. The molecule has 1 aliphatic rings. The van der Waals surface area contributed by atoms with Crippen LogP contribution in [0.15, 0.2) is 0 Å². The molecule has 4 atom stereocenters. The first kappa shape index (κ1) is 13.8. The Labute approximate surface area is 94.1 Å². The van der Waals surface area contributed by atoms with Crippen LogP contribution in [0.3, 0.4) is 0 Å². The minimum absolute atomic E-state index is 0.324. The highest BCUT2D eigenvalue weighted by Crippen LogP contribution is 2.23. The van der Waals surface area contributed by atoms with Gasteiger partial charge in [0, 0.05) is 6.61 Å². The number of hydrogen-bond donors (Lipinski definition) is 5. The predicted octanol–water partition coefficient (Wildman–Crippen LogP) is -2.01. The fraction of sp³-hybridized carbons (Fsp3) is 1.00. The SMILES string of the molecule is CCCCOC1[C@@H](O)[C@H](O)C(O)[C@@H](O)[C@@H]1O. The highest BCUT2D eigenvalue weighted by Gasteiger charge is 2.48. The molecule has 0 radical (unpaired) electrons. The van der Waals surface area contributed by atoms with E-state index in [-0.39, 0.29) is 0 Å². The van der Waals surface area contributed by atoms with E-state index in [1.807, 2.05) is 6.92 Å². The lowest BCUT2D eigenvalue weighted by atomic mass is 9.85. The second kappa shape index (κ2) is 5.90. The number of unbranched alkanes of at least 4 members (excludes halogenated alkanes) is 1. The van der Waals surface area contributed by atoms with Gasteiger partial charge in [0.25, 0.3) is 0 Å². The molecule has 0 bridgehead atoms. The van der Waals surface area contributed by atoms with Crippen molar-refractivity contribution in [2.75, 3.05) is 6.61 Å². The first-order valence-electron chi connectivity index (χ1n) is 5.52. The summed E-state index contributed by atoms with van der Waals surface area (Å²) in [6, 6.07) is 0. The van der Waals surface area contributed by atoms with Crippen molar-refractivity contribution >= 4 is 0 Å². The van der Waals surface area contributed by atoms with Crippen LogP contribution in [0.2, 0.25) is 0 Å². The number of aliphatic hydroxyl groups excluding tert-OH is 5. The first-order chi connectivity index (χ1) is 7.50. The van der Waals surface area contributed by atoms with Crippen LogP contribution in [0.1, 0.15) is 19.8 Å². The van der Waals surface area contributed by atoms with Crippen molar-refractivity contribution in [3.63, 3.8) is 0 Å². The summed E-state index contributed by atoms with van der Waals surface area (Å²) in [5, 5.41) is 47.3. The highest BCUT2D eigenvalue weighted by molar-refractivity contribution is 4.99. The molecule has 1 rings (SSSR count). The molecule has 0 aromatic heterocycles. The van der Waals surface area contributed by atoms with Crippen LogP contribution in [-0.4, -0.2) is 68.8 Å². The third kappa shape index (κ3) is 2.71. The third-order valence-electron chi connectivity index (χ3n) is 2.88. The molecule has 0 heterocycles. The fourth-order valence-electron chi connectivity index (χ4n) is 1.76. The van der Waals surface area contributed by atoms with Crippen molar-refractivity contribution < 1.29 is 30.3 Å². The van der Waals surface area contributed by atoms with Gasteiger partial charge < -0.3 is 30.3 Å². The average molecular weight is 236 g/mol. The minimum atomic E-state index is -1.56. The molecule has 0 spiro atoms. The summed E-state index contributed by atoms with van der Waals surface area (Å²) in [6.45, 7) is 2.29. The van der Waals surface area contributed by atoms with Crippen LogP contribution >= 0.6 is 0 Å². The smallest absolute Gasteiger partial charge is 0.114 e. The topological polar surface area (TPSA) is 110 Å². The van der Waals surface area contributed by atoms with Crippen molar-refractivity contribution in [3.8, 4) is 0 Å². The van der Waals surface area contributed by atoms with Gasteiger partial charge in [0.15, 0.2) is 0 Å². The minimum Gasteiger partial charge on any atom is -0.387 e. The van der Waals surface area contributed by atoms with Gasteiger partial charge in [-0.1, -0.05) is 13.3 Å². The maximum Gasteiger partial charge on any atom is 0.114 e. The number of rotatable bonds is 4. The monoisotopic (exact) mass is 236 g/mol. The molecule has 5 N–H and O–H groups in total. The Hall–Kier alpha value is -0.240. The molecule has 0 aromatic carbocycles. The first-order valence-corrected chi connectivity index (χ1v) is 5.52. The van der Waals surface area contributed by atoms with E-state index in [2.05, 4.69) is 0 Å². The summed E-state index contributed by atoms with van der Waals surface area (Å²) >= 11 is 0. The molecule has 6 heteroatoms. The lowest BCUT2D eigenvalue weighted by Crippen LogP contribution is -2.64. The normalized spacial score (nSPS) is 44.6.